The Morgan fingerprint density at radius 1 is 1.44 bits per heavy atom. The fraction of sp³-hybridized carbons (Fsp3) is 0.333. The minimum Gasteiger partial charge on any atom is -0.310 e. The van der Waals surface area contributed by atoms with E-state index in [-0.39, 0.29) is 5.82 Å². The molecule has 4 nitrogen and oxygen atoms in total. The zero-order valence-corrected chi connectivity index (χ0v) is 10.9. The number of nitrogens with zero attached hydrogens (tertiary/aromatic N) is 3. The Labute approximate surface area is 110 Å². The summed E-state index contributed by atoms with van der Waals surface area (Å²) in [6.07, 6.45) is 4.33. The third kappa shape index (κ3) is 3.05. The number of rotatable bonds is 4. The van der Waals surface area contributed by atoms with E-state index in [4.69, 9.17) is 11.6 Å². The van der Waals surface area contributed by atoms with E-state index < -0.39 is 0 Å². The van der Waals surface area contributed by atoms with Crippen LogP contribution in [0.4, 0.5) is 4.39 Å². The van der Waals surface area contributed by atoms with Crippen molar-refractivity contribution in [2.24, 2.45) is 0 Å². The first-order valence-electron chi connectivity index (χ1n) is 5.64. The van der Waals surface area contributed by atoms with E-state index in [1.165, 1.54) is 18.5 Å². The van der Waals surface area contributed by atoms with Crippen molar-refractivity contribution >= 4 is 11.6 Å². The van der Waals surface area contributed by atoms with E-state index in [1.54, 1.807) is 10.9 Å². The van der Waals surface area contributed by atoms with Gasteiger partial charge < -0.3 is 5.32 Å². The summed E-state index contributed by atoms with van der Waals surface area (Å²) in [5.74, 6) is 0.217. The highest BCUT2D eigenvalue weighted by atomic mass is 35.5. The van der Waals surface area contributed by atoms with Crippen molar-refractivity contribution < 1.29 is 4.39 Å². The fourth-order valence-electron chi connectivity index (χ4n) is 1.54. The highest BCUT2D eigenvalue weighted by Crippen LogP contribution is 2.15. The lowest BCUT2D eigenvalue weighted by molar-refractivity contribution is 0.574. The van der Waals surface area contributed by atoms with E-state index in [2.05, 4.69) is 15.4 Å². The number of hydrogen-bond donors (Lipinski definition) is 1. The first-order chi connectivity index (χ1) is 8.56. The van der Waals surface area contributed by atoms with Crippen LogP contribution in [0.2, 0.25) is 5.02 Å². The first kappa shape index (κ1) is 13.0. The topological polar surface area (TPSA) is 42.7 Å². The maximum atomic E-state index is 13.2. The zero-order chi connectivity index (χ0) is 13.1. The van der Waals surface area contributed by atoms with E-state index in [1.807, 2.05) is 13.8 Å². The van der Waals surface area contributed by atoms with Gasteiger partial charge in [-0.25, -0.2) is 14.1 Å². The van der Waals surface area contributed by atoms with Crippen LogP contribution in [0.5, 0.6) is 0 Å². The average Bonchev–Trinajstić information content (AvgIpc) is 2.73. The molecule has 0 bridgehead atoms. The van der Waals surface area contributed by atoms with Crippen LogP contribution < -0.4 is 5.32 Å². The van der Waals surface area contributed by atoms with Crippen LogP contribution in [0.1, 0.15) is 19.4 Å². The van der Waals surface area contributed by atoms with Gasteiger partial charge in [-0.05, 0) is 6.07 Å². The molecule has 0 unspecified atom stereocenters. The second kappa shape index (κ2) is 5.46. The molecule has 96 valence electrons. The first-order valence-corrected chi connectivity index (χ1v) is 6.02. The van der Waals surface area contributed by atoms with Gasteiger partial charge in [0.05, 0.1) is 23.6 Å². The molecule has 0 aliphatic rings. The Bertz CT molecular complexity index is 539. The van der Waals surface area contributed by atoms with Crippen molar-refractivity contribution in [1.29, 1.82) is 0 Å². The van der Waals surface area contributed by atoms with E-state index >= 15 is 0 Å². The quantitative estimate of drug-likeness (QED) is 0.927. The van der Waals surface area contributed by atoms with Crippen molar-refractivity contribution in [3.8, 4) is 5.82 Å². The molecule has 0 amide bonds. The molecule has 2 aromatic heterocycles. The largest absolute Gasteiger partial charge is 0.310 e. The van der Waals surface area contributed by atoms with Gasteiger partial charge in [-0.1, -0.05) is 25.4 Å². The minimum absolute atomic E-state index is 0.308. The van der Waals surface area contributed by atoms with Crippen LogP contribution in [0.15, 0.2) is 24.7 Å². The molecule has 1 N–H and O–H groups in total. The van der Waals surface area contributed by atoms with Crippen molar-refractivity contribution in [2.75, 3.05) is 0 Å². The maximum Gasteiger partial charge on any atom is 0.158 e. The normalized spacial score (nSPS) is 11.2. The van der Waals surface area contributed by atoms with Crippen LogP contribution in [0.3, 0.4) is 0 Å². The second-order valence-electron chi connectivity index (χ2n) is 4.27. The van der Waals surface area contributed by atoms with E-state index in [0.29, 0.717) is 23.4 Å². The Kier molecular flexibility index (Phi) is 3.93. The second-order valence-corrected chi connectivity index (χ2v) is 4.71. The number of hydrogen-bond acceptors (Lipinski definition) is 3. The number of aromatic nitrogens is 3. The van der Waals surface area contributed by atoms with Gasteiger partial charge in [-0.3, -0.25) is 0 Å². The van der Waals surface area contributed by atoms with Crippen molar-refractivity contribution in [2.45, 2.75) is 26.4 Å². The van der Waals surface area contributed by atoms with Gasteiger partial charge in [0.25, 0.3) is 0 Å². The molecule has 0 aliphatic carbocycles. The molecule has 0 saturated heterocycles. The molecule has 2 aromatic rings. The summed E-state index contributed by atoms with van der Waals surface area (Å²) in [5, 5.41) is 7.82. The molecule has 18 heavy (non-hydrogen) atoms. The molecular formula is C12H14ClFN4. The van der Waals surface area contributed by atoms with Gasteiger partial charge in [0, 0.05) is 18.2 Å². The lowest BCUT2D eigenvalue weighted by Gasteiger charge is -2.11. The van der Waals surface area contributed by atoms with Gasteiger partial charge in [-0.15, -0.1) is 0 Å². The van der Waals surface area contributed by atoms with Crippen molar-refractivity contribution in [3.05, 3.63) is 41.1 Å². The van der Waals surface area contributed by atoms with Gasteiger partial charge in [0.15, 0.2) is 5.82 Å². The van der Waals surface area contributed by atoms with Crippen molar-refractivity contribution in [1.82, 2.24) is 20.1 Å². The number of halogens is 2. The predicted octanol–water partition coefficient (Wildman–Crippen LogP) is 2.56. The zero-order valence-electron chi connectivity index (χ0n) is 10.2. The number of nitrogens with one attached hydrogen (secondary N) is 1. The molecule has 6 heteroatoms. The standard InChI is InChI=1S/C12H14ClFN4/c1-8(2)15-4-9-3-11(14)6-16-12(9)18-7-10(13)5-17-18/h3,5-8,15H,4H2,1-2H3. The molecule has 0 atom stereocenters. The average molecular weight is 269 g/mol. The highest BCUT2D eigenvalue weighted by molar-refractivity contribution is 6.30. The van der Waals surface area contributed by atoms with E-state index in [9.17, 15) is 4.39 Å². The molecular weight excluding hydrogens is 255 g/mol. The van der Waals surface area contributed by atoms with Crippen molar-refractivity contribution in [3.63, 3.8) is 0 Å². The summed E-state index contributed by atoms with van der Waals surface area (Å²) < 4.78 is 14.8. The minimum atomic E-state index is -0.363. The SMILES string of the molecule is CC(C)NCc1cc(F)cnc1-n1cc(Cl)cn1. The Morgan fingerprint density at radius 2 is 2.22 bits per heavy atom. The molecule has 0 fully saturated rings. The van der Waals surface area contributed by atoms with Crippen LogP contribution >= 0.6 is 11.6 Å². The molecule has 2 rings (SSSR count). The smallest absolute Gasteiger partial charge is 0.158 e. The third-order valence-electron chi connectivity index (χ3n) is 2.38. The molecule has 0 radical (unpaired) electrons. The molecule has 2 heterocycles. The summed E-state index contributed by atoms with van der Waals surface area (Å²) >= 11 is 5.82. The maximum absolute atomic E-state index is 13.2. The summed E-state index contributed by atoms with van der Waals surface area (Å²) in [7, 11) is 0. The lowest BCUT2D eigenvalue weighted by atomic mass is 10.2. The molecule has 0 aromatic carbocycles. The van der Waals surface area contributed by atoms with Gasteiger partial charge in [0.1, 0.15) is 5.82 Å². The van der Waals surface area contributed by atoms with Gasteiger partial charge >= 0.3 is 0 Å². The van der Waals surface area contributed by atoms with E-state index in [0.717, 1.165) is 5.56 Å². The Hall–Kier alpha value is -1.46. The van der Waals surface area contributed by atoms with Crippen LogP contribution in [0, 0.1) is 5.82 Å². The summed E-state index contributed by atoms with van der Waals surface area (Å²) in [6, 6.07) is 1.76. The fourth-order valence-corrected chi connectivity index (χ4v) is 1.68. The summed E-state index contributed by atoms with van der Waals surface area (Å²) in [5.41, 5.74) is 0.739. The lowest BCUT2D eigenvalue weighted by Crippen LogP contribution is -2.23. The highest BCUT2D eigenvalue weighted by Gasteiger charge is 2.09. The number of pyridine rings is 1. The Morgan fingerprint density at radius 3 is 2.83 bits per heavy atom. The predicted molar refractivity (Wildman–Crippen MR) is 68.3 cm³/mol. The molecule has 0 saturated carbocycles. The van der Waals surface area contributed by atoms with Crippen LogP contribution in [-0.4, -0.2) is 20.8 Å². The Balaban J connectivity index is 2.34. The third-order valence-corrected chi connectivity index (χ3v) is 2.57. The van der Waals surface area contributed by atoms with Crippen LogP contribution in [0.25, 0.3) is 5.82 Å². The summed E-state index contributed by atoms with van der Waals surface area (Å²) in [4.78, 5) is 4.07. The molecule has 0 spiro atoms. The van der Waals surface area contributed by atoms with Gasteiger partial charge in [0.2, 0.25) is 0 Å². The van der Waals surface area contributed by atoms with Gasteiger partial charge in [-0.2, -0.15) is 5.10 Å². The summed E-state index contributed by atoms with van der Waals surface area (Å²) in [6.45, 7) is 4.57. The molecule has 0 aliphatic heterocycles. The van der Waals surface area contributed by atoms with Crippen LogP contribution in [-0.2, 0) is 6.54 Å². The monoisotopic (exact) mass is 268 g/mol.